The van der Waals surface area contributed by atoms with Crippen molar-refractivity contribution in [2.24, 2.45) is 0 Å². The minimum atomic E-state index is -0.340. The van der Waals surface area contributed by atoms with Gasteiger partial charge in [-0.15, -0.1) is 6.42 Å². The Kier molecular flexibility index (Phi) is 3.35. The fraction of sp³-hybridized carbons (Fsp3) is 0.273. The number of halogens is 1. The summed E-state index contributed by atoms with van der Waals surface area (Å²) < 4.78 is 18.2. The van der Waals surface area contributed by atoms with E-state index in [-0.39, 0.29) is 11.9 Å². The third-order valence-corrected chi connectivity index (χ3v) is 1.80. The SMILES string of the molecule is C#CC(C)Nc1cc(OC)ccc1F. The van der Waals surface area contributed by atoms with Crippen LogP contribution in [0.3, 0.4) is 0 Å². The summed E-state index contributed by atoms with van der Waals surface area (Å²) in [6, 6.07) is 4.26. The molecule has 0 saturated carbocycles. The number of rotatable bonds is 3. The number of hydrogen-bond acceptors (Lipinski definition) is 2. The molecule has 0 bridgehead atoms. The van der Waals surface area contributed by atoms with Crippen molar-refractivity contribution in [3.63, 3.8) is 0 Å². The van der Waals surface area contributed by atoms with Crippen molar-refractivity contribution < 1.29 is 9.13 Å². The van der Waals surface area contributed by atoms with E-state index < -0.39 is 0 Å². The molecule has 0 heterocycles. The second-order valence-electron chi connectivity index (χ2n) is 2.88. The maximum atomic E-state index is 13.2. The highest BCUT2D eigenvalue weighted by Gasteiger charge is 2.05. The molecule has 14 heavy (non-hydrogen) atoms. The predicted octanol–water partition coefficient (Wildman–Crippen LogP) is 2.27. The van der Waals surface area contributed by atoms with Gasteiger partial charge in [0.1, 0.15) is 11.6 Å². The van der Waals surface area contributed by atoms with Gasteiger partial charge in [-0.2, -0.15) is 0 Å². The van der Waals surface area contributed by atoms with E-state index in [4.69, 9.17) is 11.2 Å². The van der Waals surface area contributed by atoms with Gasteiger partial charge in [0.05, 0.1) is 18.8 Å². The lowest BCUT2D eigenvalue weighted by molar-refractivity contribution is 0.414. The first-order chi connectivity index (χ1) is 6.67. The van der Waals surface area contributed by atoms with E-state index in [9.17, 15) is 4.39 Å². The van der Waals surface area contributed by atoms with E-state index in [1.165, 1.54) is 13.2 Å². The number of methoxy groups -OCH3 is 1. The van der Waals surface area contributed by atoms with Crippen molar-refractivity contribution in [1.29, 1.82) is 0 Å². The lowest BCUT2D eigenvalue weighted by Gasteiger charge is -2.11. The lowest BCUT2D eigenvalue weighted by Crippen LogP contribution is -2.13. The second-order valence-corrected chi connectivity index (χ2v) is 2.88. The Hall–Kier alpha value is -1.69. The van der Waals surface area contributed by atoms with E-state index in [0.717, 1.165) is 0 Å². The van der Waals surface area contributed by atoms with Crippen LogP contribution in [0.4, 0.5) is 10.1 Å². The van der Waals surface area contributed by atoms with E-state index in [1.54, 1.807) is 19.1 Å². The summed E-state index contributed by atoms with van der Waals surface area (Å²) in [7, 11) is 1.53. The fourth-order valence-electron chi connectivity index (χ4n) is 1.02. The van der Waals surface area contributed by atoms with Crippen LogP contribution in [0.15, 0.2) is 18.2 Å². The van der Waals surface area contributed by atoms with Crippen LogP contribution in [-0.2, 0) is 0 Å². The van der Waals surface area contributed by atoms with Gasteiger partial charge in [-0.3, -0.25) is 0 Å². The third-order valence-electron chi connectivity index (χ3n) is 1.80. The van der Waals surface area contributed by atoms with Crippen LogP contribution in [-0.4, -0.2) is 13.2 Å². The van der Waals surface area contributed by atoms with Crippen LogP contribution < -0.4 is 10.1 Å². The normalized spacial score (nSPS) is 11.6. The molecule has 1 rings (SSSR count). The van der Waals surface area contributed by atoms with Gasteiger partial charge in [0.15, 0.2) is 0 Å². The molecule has 0 aliphatic heterocycles. The summed E-state index contributed by atoms with van der Waals surface area (Å²) in [5, 5.41) is 2.84. The molecular formula is C11H12FNO. The molecule has 1 aromatic rings. The highest BCUT2D eigenvalue weighted by atomic mass is 19.1. The monoisotopic (exact) mass is 193 g/mol. The zero-order chi connectivity index (χ0) is 10.6. The number of ether oxygens (including phenoxy) is 1. The maximum absolute atomic E-state index is 13.2. The van der Waals surface area contributed by atoms with E-state index in [1.807, 2.05) is 0 Å². The molecule has 1 aromatic carbocycles. The van der Waals surface area contributed by atoms with Gasteiger partial charge >= 0.3 is 0 Å². The summed E-state index contributed by atoms with van der Waals surface area (Å²) in [6.07, 6.45) is 5.17. The van der Waals surface area contributed by atoms with Crippen LogP contribution in [0.2, 0.25) is 0 Å². The molecule has 0 saturated heterocycles. The highest BCUT2D eigenvalue weighted by molar-refractivity contribution is 5.51. The molecule has 1 N–H and O–H groups in total. The molecule has 0 radical (unpaired) electrons. The first kappa shape index (κ1) is 10.4. The molecule has 3 heteroatoms. The molecule has 0 aliphatic carbocycles. The van der Waals surface area contributed by atoms with Gasteiger partial charge in [0.25, 0.3) is 0 Å². The van der Waals surface area contributed by atoms with Gasteiger partial charge in [-0.05, 0) is 19.1 Å². The molecule has 1 unspecified atom stereocenters. The Morgan fingerprint density at radius 2 is 2.29 bits per heavy atom. The standard InChI is InChI=1S/C11H12FNO/c1-4-8(2)13-11-7-9(14-3)5-6-10(11)12/h1,5-8,13H,2-3H3. The summed E-state index contributed by atoms with van der Waals surface area (Å²) >= 11 is 0. The van der Waals surface area contributed by atoms with Crippen molar-refractivity contribution >= 4 is 5.69 Å². The maximum Gasteiger partial charge on any atom is 0.146 e. The van der Waals surface area contributed by atoms with Crippen molar-refractivity contribution in [2.75, 3.05) is 12.4 Å². The van der Waals surface area contributed by atoms with Crippen molar-refractivity contribution in [1.82, 2.24) is 0 Å². The second kappa shape index (κ2) is 4.52. The smallest absolute Gasteiger partial charge is 0.146 e. The Morgan fingerprint density at radius 1 is 1.57 bits per heavy atom. The molecule has 1 atom stereocenters. The average Bonchev–Trinajstić information content (AvgIpc) is 2.21. The Labute approximate surface area is 83.1 Å². The Morgan fingerprint density at radius 3 is 2.86 bits per heavy atom. The first-order valence-electron chi connectivity index (χ1n) is 4.23. The van der Waals surface area contributed by atoms with E-state index in [2.05, 4.69) is 11.2 Å². The fourth-order valence-corrected chi connectivity index (χ4v) is 1.02. The van der Waals surface area contributed by atoms with Gasteiger partial charge in [-0.1, -0.05) is 5.92 Å². The van der Waals surface area contributed by atoms with Gasteiger partial charge < -0.3 is 10.1 Å². The first-order valence-corrected chi connectivity index (χ1v) is 4.23. The van der Waals surface area contributed by atoms with Crippen molar-refractivity contribution in [2.45, 2.75) is 13.0 Å². The molecule has 2 nitrogen and oxygen atoms in total. The van der Waals surface area contributed by atoms with Crippen LogP contribution in [0.5, 0.6) is 5.75 Å². The summed E-state index contributed by atoms with van der Waals surface area (Å²) in [4.78, 5) is 0. The van der Waals surface area contributed by atoms with Crippen molar-refractivity contribution in [3.8, 4) is 18.1 Å². The van der Waals surface area contributed by atoms with Gasteiger partial charge in [0, 0.05) is 6.07 Å². The zero-order valence-corrected chi connectivity index (χ0v) is 8.17. The topological polar surface area (TPSA) is 21.3 Å². The number of nitrogens with one attached hydrogen (secondary N) is 1. The summed E-state index contributed by atoms with van der Waals surface area (Å²) in [6.45, 7) is 1.78. The molecule has 0 aromatic heterocycles. The highest BCUT2D eigenvalue weighted by Crippen LogP contribution is 2.21. The number of benzene rings is 1. The van der Waals surface area contributed by atoms with Gasteiger partial charge in [-0.25, -0.2) is 4.39 Å². The largest absolute Gasteiger partial charge is 0.497 e. The third kappa shape index (κ3) is 2.40. The number of hydrogen-bond donors (Lipinski definition) is 1. The number of terminal acetylenes is 1. The van der Waals surface area contributed by atoms with Crippen molar-refractivity contribution in [3.05, 3.63) is 24.0 Å². The van der Waals surface area contributed by atoms with E-state index >= 15 is 0 Å². The molecule has 74 valence electrons. The molecule has 0 aliphatic rings. The van der Waals surface area contributed by atoms with Crippen LogP contribution in [0.25, 0.3) is 0 Å². The van der Waals surface area contributed by atoms with Gasteiger partial charge in [0.2, 0.25) is 0 Å². The molecule has 0 spiro atoms. The summed E-state index contributed by atoms with van der Waals surface area (Å²) in [5.74, 6) is 2.72. The summed E-state index contributed by atoms with van der Waals surface area (Å²) in [5.41, 5.74) is 0.356. The predicted molar refractivity (Wildman–Crippen MR) is 54.9 cm³/mol. The Balaban J connectivity index is 2.90. The minimum absolute atomic E-state index is 0.211. The van der Waals surface area contributed by atoms with Crippen LogP contribution >= 0.6 is 0 Å². The van der Waals surface area contributed by atoms with Crippen LogP contribution in [0, 0.1) is 18.2 Å². The number of anilines is 1. The molecular weight excluding hydrogens is 181 g/mol. The minimum Gasteiger partial charge on any atom is -0.497 e. The molecule has 0 fully saturated rings. The average molecular weight is 193 g/mol. The van der Waals surface area contributed by atoms with E-state index in [0.29, 0.717) is 11.4 Å². The quantitative estimate of drug-likeness (QED) is 0.743. The molecule has 0 amide bonds. The zero-order valence-electron chi connectivity index (χ0n) is 8.17. The lowest BCUT2D eigenvalue weighted by atomic mass is 10.2. The van der Waals surface area contributed by atoms with Crippen LogP contribution in [0.1, 0.15) is 6.92 Å². The Bertz CT molecular complexity index is 357.